The summed E-state index contributed by atoms with van der Waals surface area (Å²) in [6.07, 6.45) is 0. The third kappa shape index (κ3) is 3.09. The van der Waals surface area contributed by atoms with Gasteiger partial charge in [-0.05, 0) is 47.7 Å². The van der Waals surface area contributed by atoms with Crippen LogP contribution < -0.4 is 5.32 Å². The Bertz CT molecular complexity index is 433. The molecule has 3 N–H and O–H groups in total. The molecule has 1 amide bonds. The molecule has 0 fully saturated rings. The van der Waals surface area contributed by atoms with Crippen LogP contribution in [0.1, 0.15) is 17.3 Å². The maximum Gasteiger partial charge on any atom is 0.325 e. The zero-order chi connectivity index (χ0) is 12.3. The van der Waals surface area contributed by atoms with Crippen molar-refractivity contribution >= 4 is 34.5 Å². The lowest BCUT2D eigenvalue weighted by Gasteiger charge is -2.09. The highest BCUT2D eigenvalue weighted by Gasteiger charge is 2.15. The van der Waals surface area contributed by atoms with Crippen LogP contribution >= 0.6 is 22.6 Å². The number of hydrogen-bond acceptors (Lipinski definition) is 3. The second kappa shape index (κ2) is 5.15. The van der Waals surface area contributed by atoms with E-state index in [9.17, 15) is 14.7 Å². The lowest BCUT2D eigenvalue weighted by atomic mass is 10.2. The van der Waals surface area contributed by atoms with Gasteiger partial charge in [-0.2, -0.15) is 0 Å². The number of carbonyl (C=O) groups is 2. The number of carboxylic acids is 1. The van der Waals surface area contributed by atoms with Crippen molar-refractivity contribution in [3.63, 3.8) is 0 Å². The van der Waals surface area contributed by atoms with Gasteiger partial charge in [-0.25, -0.2) is 0 Å². The van der Waals surface area contributed by atoms with Gasteiger partial charge in [0, 0.05) is 5.56 Å². The number of carboxylic acid groups (broad SMARTS) is 1. The van der Waals surface area contributed by atoms with E-state index in [-0.39, 0.29) is 11.3 Å². The van der Waals surface area contributed by atoms with Crippen molar-refractivity contribution in [2.24, 2.45) is 0 Å². The maximum atomic E-state index is 11.5. The van der Waals surface area contributed by atoms with Crippen LogP contribution in [0.15, 0.2) is 18.2 Å². The summed E-state index contributed by atoms with van der Waals surface area (Å²) in [5.74, 6) is -1.64. The van der Waals surface area contributed by atoms with Crippen molar-refractivity contribution in [1.29, 1.82) is 0 Å². The minimum atomic E-state index is -1.11. The van der Waals surface area contributed by atoms with Gasteiger partial charge in [-0.3, -0.25) is 9.59 Å². The highest BCUT2D eigenvalue weighted by Crippen LogP contribution is 2.20. The maximum absolute atomic E-state index is 11.5. The van der Waals surface area contributed by atoms with Gasteiger partial charge in [-0.1, -0.05) is 0 Å². The summed E-state index contributed by atoms with van der Waals surface area (Å²) in [5.41, 5.74) is 0.228. The van der Waals surface area contributed by atoms with E-state index >= 15 is 0 Å². The van der Waals surface area contributed by atoms with E-state index < -0.39 is 17.9 Å². The number of hydrogen-bond donors (Lipinski definition) is 3. The molecule has 0 unspecified atom stereocenters. The number of amides is 1. The number of carbonyl (C=O) groups excluding carboxylic acids is 1. The first kappa shape index (κ1) is 12.8. The number of benzene rings is 1. The van der Waals surface area contributed by atoms with Gasteiger partial charge in [-0.15, -0.1) is 0 Å². The van der Waals surface area contributed by atoms with Crippen molar-refractivity contribution in [2.45, 2.75) is 13.0 Å². The molecule has 1 aromatic rings. The van der Waals surface area contributed by atoms with E-state index in [2.05, 4.69) is 5.32 Å². The molecule has 0 saturated heterocycles. The molecule has 0 aromatic heterocycles. The number of aromatic hydroxyl groups is 1. The summed E-state index contributed by atoms with van der Waals surface area (Å²) in [7, 11) is 0. The topological polar surface area (TPSA) is 86.6 Å². The fraction of sp³-hybridized carbons (Fsp3) is 0.200. The van der Waals surface area contributed by atoms with Gasteiger partial charge in [0.05, 0.1) is 3.57 Å². The quantitative estimate of drug-likeness (QED) is 0.725. The van der Waals surface area contributed by atoms with Crippen LogP contribution in [-0.2, 0) is 4.79 Å². The first-order valence-corrected chi connectivity index (χ1v) is 5.52. The third-order valence-electron chi connectivity index (χ3n) is 1.93. The monoisotopic (exact) mass is 335 g/mol. The minimum Gasteiger partial charge on any atom is -0.507 e. The average molecular weight is 335 g/mol. The number of phenolic OH excluding ortho intramolecular Hbond substituents is 1. The Morgan fingerprint density at radius 2 is 2.06 bits per heavy atom. The van der Waals surface area contributed by atoms with Crippen LogP contribution in [0.5, 0.6) is 5.75 Å². The van der Waals surface area contributed by atoms with Crippen LogP contribution in [0.25, 0.3) is 0 Å². The molecular formula is C10H10INO4. The summed E-state index contributed by atoms with van der Waals surface area (Å²) in [6, 6.07) is 3.43. The molecule has 1 atom stereocenters. The molecule has 1 aromatic carbocycles. The van der Waals surface area contributed by atoms with Crippen LogP contribution in [0.4, 0.5) is 0 Å². The summed E-state index contributed by atoms with van der Waals surface area (Å²) in [6.45, 7) is 1.37. The minimum absolute atomic E-state index is 0.00349. The van der Waals surface area contributed by atoms with E-state index in [4.69, 9.17) is 5.11 Å². The predicted octanol–water partition coefficient (Wildman–Crippen LogP) is 1.20. The summed E-state index contributed by atoms with van der Waals surface area (Å²) in [5, 5.41) is 20.3. The number of phenols is 1. The van der Waals surface area contributed by atoms with Gasteiger partial charge in [0.1, 0.15) is 11.8 Å². The molecule has 0 radical (unpaired) electrons. The van der Waals surface area contributed by atoms with Crippen molar-refractivity contribution in [3.05, 3.63) is 27.3 Å². The first-order valence-electron chi connectivity index (χ1n) is 4.44. The van der Waals surface area contributed by atoms with E-state index in [1.54, 1.807) is 6.07 Å². The fourth-order valence-corrected chi connectivity index (χ4v) is 1.33. The van der Waals surface area contributed by atoms with Gasteiger partial charge in [0.25, 0.3) is 5.91 Å². The van der Waals surface area contributed by atoms with E-state index in [0.29, 0.717) is 3.57 Å². The summed E-state index contributed by atoms with van der Waals surface area (Å²) < 4.78 is 0.625. The first-order chi connectivity index (χ1) is 7.41. The highest BCUT2D eigenvalue weighted by molar-refractivity contribution is 14.1. The molecule has 0 aliphatic carbocycles. The molecule has 86 valence electrons. The van der Waals surface area contributed by atoms with E-state index in [1.165, 1.54) is 19.1 Å². The Morgan fingerprint density at radius 3 is 2.56 bits per heavy atom. The molecule has 0 aliphatic heterocycles. The SMILES string of the molecule is C[C@H](NC(=O)c1ccc(I)c(O)c1)C(=O)O. The zero-order valence-corrected chi connectivity index (χ0v) is 10.6. The van der Waals surface area contributed by atoms with Crippen LogP contribution in [0, 0.1) is 3.57 Å². The standard InChI is InChI=1S/C10H10INO4/c1-5(10(15)16)12-9(14)6-2-3-7(11)8(13)4-6/h2-5,13H,1H3,(H,12,14)(H,15,16)/t5-/m0/s1. The van der Waals surface area contributed by atoms with Crippen LogP contribution in [0.3, 0.4) is 0 Å². The second-order valence-corrected chi connectivity index (χ2v) is 4.36. The van der Waals surface area contributed by atoms with Gasteiger partial charge in [0.2, 0.25) is 0 Å². The largest absolute Gasteiger partial charge is 0.507 e. The molecule has 16 heavy (non-hydrogen) atoms. The Balaban J connectivity index is 2.81. The average Bonchev–Trinajstić information content (AvgIpc) is 2.21. The number of nitrogens with one attached hydrogen (secondary N) is 1. The zero-order valence-electron chi connectivity index (χ0n) is 8.40. The summed E-state index contributed by atoms with van der Waals surface area (Å²) in [4.78, 5) is 22.1. The van der Waals surface area contributed by atoms with Gasteiger partial charge in [0.15, 0.2) is 0 Å². The van der Waals surface area contributed by atoms with Crippen LogP contribution in [0.2, 0.25) is 0 Å². The Kier molecular flexibility index (Phi) is 4.11. The van der Waals surface area contributed by atoms with E-state index in [1.807, 2.05) is 22.6 Å². The Hall–Kier alpha value is -1.31. The summed E-state index contributed by atoms with van der Waals surface area (Å²) >= 11 is 1.92. The Labute approximate surface area is 106 Å². The van der Waals surface area contributed by atoms with Crippen molar-refractivity contribution in [2.75, 3.05) is 0 Å². The number of halogens is 1. The lowest BCUT2D eigenvalue weighted by molar-refractivity contribution is -0.138. The molecular weight excluding hydrogens is 325 g/mol. The third-order valence-corrected chi connectivity index (χ3v) is 2.84. The number of aliphatic carboxylic acids is 1. The molecule has 0 aliphatic rings. The van der Waals surface area contributed by atoms with E-state index in [0.717, 1.165) is 0 Å². The van der Waals surface area contributed by atoms with Crippen molar-refractivity contribution in [1.82, 2.24) is 5.32 Å². The molecule has 0 spiro atoms. The second-order valence-electron chi connectivity index (χ2n) is 3.20. The van der Waals surface area contributed by atoms with Crippen molar-refractivity contribution < 1.29 is 19.8 Å². The highest BCUT2D eigenvalue weighted by atomic mass is 127. The van der Waals surface area contributed by atoms with Gasteiger partial charge < -0.3 is 15.5 Å². The molecule has 0 bridgehead atoms. The normalized spacial score (nSPS) is 11.9. The Morgan fingerprint density at radius 1 is 1.44 bits per heavy atom. The number of rotatable bonds is 3. The molecule has 5 nitrogen and oxygen atoms in total. The molecule has 0 heterocycles. The lowest BCUT2D eigenvalue weighted by Crippen LogP contribution is -2.38. The molecule has 1 rings (SSSR count). The predicted molar refractivity (Wildman–Crippen MR) is 65.4 cm³/mol. The fourth-order valence-electron chi connectivity index (χ4n) is 0.996. The van der Waals surface area contributed by atoms with Crippen molar-refractivity contribution in [3.8, 4) is 5.75 Å². The molecule has 6 heteroatoms. The molecule has 0 saturated carbocycles. The van der Waals surface area contributed by atoms with Crippen LogP contribution in [-0.4, -0.2) is 28.1 Å². The van der Waals surface area contributed by atoms with Gasteiger partial charge >= 0.3 is 5.97 Å². The smallest absolute Gasteiger partial charge is 0.325 e.